The van der Waals surface area contributed by atoms with E-state index in [1.165, 1.54) is 11.1 Å². The monoisotopic (exact) mass is 533 g/mol. The van der Waals surface area contributed by atoms with E-state index in [2.05, 4.69) is 59.0 Å². The first-order chi connectivity index (χ1) is 17.2. The molecule has 0 bridgehead atoms. The molecular weight excluding hydrogens is 482 g/mol. The van der Waals surface area contributed by atoms with Crippen LogP contribution >= 0.6 is 11.8 Å². The summed E-state index contributed by atoms with van der Waals surface area (Å²) in [6, 6.07) is -0.705. The highest BCUT2D eigenvalue weighted by Crippen LogP contribution is 2.47. The fraction of sp³-hybridized carbons (Fsp3) is 0.774. The highest BCUT2D eigenvalue weighted by atomic mass is 32.2. The van der Waals surface area contributed by atoms with Crippen LogP contribution in [0.5, 0.6) is 0 Å². The number of carbonyl (C=O) groups is 3. The van der Waals surface area contributed by atoms with Crippen molar-refractivity contribution < 1.29 is 19.1 Å². The van der Waals surface area contributed by atoms with Gasteiger partial charge < -0.3 is 4.74 Å². The Balaban J connectivity index is 2.35. The molecule has 6 heteroatoms. The van der Waals surface area contributed by atoms with E-state index in [-0.39, 0.29) is 51.5 Å². The minimum absolute atomic E-state index is 0.0174. The van der Waals surface area contributed by atoms with Gasteiger partial charge in [0.05, 0.1) is 6.61 Å². The van der Waals surface area contributed by atoms with Gasteiger partial charge in [0.1, 0.15) is 17.6 Å². The van der Waals surface area contributed by atoms with Crippen LogP contribution in [-0.2, 0) is 19.1 Å². The molecule has 5 atom stereocenters. The molecule has 0 spiro atoms. The Labute approximate surface area is 230 Å². The van der Waals surface area contributed by atoms with Crippen LogP contribution in [0.25, 0.3) is 0 Å². The summed E-state index contributed by atoms with van der Waals surface area (Å²) >= 11 is 1.71. The summed E-state index contributed by atoms with van der Waals surface area (Å²) in [5, 5.41) is 3.70. The summed E-state index contributed by atoms with van der Waals surface area (Å²) in [7, 11) is 0. The second-order valence-electron chi connectivity index (χ2n) is 12.7. The number of nitrogens with one attached hydrogen (secondary N) is 1. The molecule has 2 rings (SSSR count). The van der Waals surface area contributed by atoms with Gasteiger partial charge in [-0.25, -0.2) is 0 Å². The third-order valence-electron chi connectivity index (χ3n) is 8.41. The average molecular weight is 534 g/mol. The zero-order chi connectivity index (χ0) is 28.0. The molecule has 0 radical (unpaired) electrons. The third kappa shape index (κ3) is 8.81. The Hall–Kier alpha value is -1.40. The normalized spacial score (nSPS) is 25.3. The van der Waals surface area contributed by atoms with E-state index in [9.17, 15) is 14.4 Å². The van der Waals surface area contributed by atoms with Crippen LogP contribution in [0.3, 0.4) is 0 Å². The van der Waals surface area contributed by atoms with Crippen molar-refractivity contribution in [2.75, 3.05) is 12.4 Å². The zero-order valence-electron chi connectivity index (χ0n) is 24.7. The minimum atomic E-state index is -0.551. The number of Topliss-reactive ketones (excluding diaryl/α,β-unsaturated/α-hetero) is 2. The number of rotatable bonds is 13. The van der Waals surface area contributed by atoms with Crippen molar-refractivity contribution in [2.24, 2.45) is 22.7 Å². The molecule has 0 saturated heterocycles. The average Bonchev–Trinajstić information content (AvgIpc) is 2.74. The lowest BCUT2D eigenvalue weighted by atomic mass is 9.65. The fourth-order valence-corrected chi connectivity index (χ4v) is 8.64. The van der Waals surface area contributed by atoms with Crippen molar-refractivity contribution in [3.63, 3.8) is 0 Å². The van der Waals surface area contributed by atoms with Crippen LogP contribution in [0.15, 0.2) is 23.3 Å². The summed E-state index contributed by atoms with van der Waals surface area (Å²) < 4.78 is 5.50. The van der Waals surface area contributed by atoms with Crippen molar-refractivity contribution in [2.45, 2.75) is 118 Å². The SMILES string of the molecule is CCOC(=O)C(CSC(CC(C)=O)C1C(C)=CCCC1(C)C)NC(CC(C)=O)C1C(C)=CCCC1(C)C. The topological polar surface area (TPSA) is 72.5 Å². The summed E-state index contributed by atoms with van der Waals surface area (Å²) in [5.74, 6) is 0.931. The number of thioether (sulfide) groups is 1. The summed E-state index contributed by atoms with van der Waals surface area (Å²) in [6.07, 6.45) is 9.68. The maximum atomic E-state index is 13.2. The maximum absolute atomic E-state index is 13.2. The first-order valence-electron chi connectivity index (χ1n) is 14.1. The Bertz CT molecular complexity index is 888. The van der Waals surface area contributed by atoms with E-state index >= 15 is 0 Å². The van der Waals surface area contributed by atoms with Crippen LogP contribution < -0.4 is 5.32 Å². The molecule has 0 amide bonds. The second kappa shape index (κ2) is 13.6. The molecule has 5 nitrogen and oxygen atoms in total. The Morgan fingerprint density at radius 1 is 0.946 bits per heavy atom. The quantitative estimate of drug-likeness (QED) is 0.210. The molecule has 0 saturated carbocycles. The van der Waals surface area contributed by atoms with Crippen molar-refractivity contribution >= 4 is 29.3 Å². The van der Waals surface area contributed by atoms with E-state index < -0.39 is 6.04 Å². The first-order valence-corrected chi connectivity index (χ1v) is 15.1. The second-order valence-corrected chi connectivity index (χ2v) is 13.9. The van der Waals surface area contributed by atoms with Crippen LogP contribution in [0.1, 0.15) is 101 Å². The van der Waals surface area contributed by atoms with Gasteiger partial charge in [-0.15, -0.1) is 0 Å². The molecule has 2 aliphatic rings. The molecule has 5 unspecified atom stereocenters. The molecular formula is C31H51NO4S. The molecule has 0 heterocycles. The minimum Gasteiger partial charge on any atom is -0.465 e. The Morgan fingerprint density at radius 2 is 1.46 bits per heavy atom. The molecule has 210 valence electrons. The van der Waals surface area contributed by atoms with Crippen molar-refractivity contribution in [3.8, 4) is 0 Å². The molecule has 0 aliphatic heterocycles. The maximum Gasteiger partial charge on any atom is 0.323 e. The number of carbonyl (C=O) groups excluding carboxylic acids is 3. The highest BCUT2D eigenvalue weighted by molar-refractivity contribution is 8.00. The van der Waals surface area contributed by atoms with E-state index in [1.807, 2.05) is 6.92 Å². The van der Waals surface area contributed by atoms with Gasteiger partial charge in [0.15, 0.2) is 0 Å². The molecule has 0 aromatic carbocycles. The Kier molecular flexibility index (Phi) is 11.7. The van der Waals surface area contributed by atoms with E-state index in [1.54, 1.807) is 25.6 Å². The van der Waals surface area contributed by atoms with Crippen molar-refractivity contribution in [3.05, 3.63) is 23.3 Å². The summed E-state index contributed by atoms with van der Waals surface area (Å²) in [6.45, 7) is 18.9. The smallest absolute Gasteiger partial charge is 0.323 e. The van der Waals surface area contributed by atoms with Gasteiger partial charge in [-0.2, -0.15) is 11.8 Å². The summed E-state index contributed by atoms with van der Waals surface area (Å²) in [5.41, 5.74) is 2.73. The predicted octanol–water partition coefficient (Wildman–Crippen LogP) is 6.70. The van der Waals surface area contributed by atoms with Crippen LogP contribution in [0, 0.1) is 22.7 Å². The van der Waals surface area contributed by atoms with Gasteiger partial charge in [-0.1, -0.05) is 51.0 Å². The zero-order valence-corrected chi connectivity index (χ0v) is 25.6. The predicted molar refractivity (Wildman–Crippen MR) is 155 cm³/mol. The number of allylic oxidation sites excluding steroid dienone is 3. The third-order valence-corrected chi connectivity index (χ3v) is 9.80. The van der Waals surface area contributed by atoms with Gasteiger partial charge in [-0.05, 0) is 77.0 Å². The van der Waals surface area contributed by atoms with E-state index in [0.29, 0.717) is 25.2 Å². The molecule has 37 heavy (non-hydrogen) atoms. The lowest BCUT2D eigenvalue weighted by molar-refractivity contribution is -0.145. The number of esters is 1. The van der Waals surface area contributed by atoms with E-state index in [4.69, 9.17) is 4.74 Å². The molecule has 0 aromatic rings. The fourth-order valence-electron chi connectivity index (χ4n) is 6.84. The number of hydrogen-bond donors (Lipinski definition) is 1. The first kappa shape index (κ1) is 31.8. The Morgan fingerprint density at radius 3 is 1.92 bits per heavy atom. The molecule has 0 fully saturated rings. The number of ether oxygens (including phenoxy) is 1. The van der Waals surface area contributed by atoms with Gasteiger partial charge in [-0.3, -0.25) is 19.7 Å². The van der Waals surface area contributed by atoms with Crippen LogP contribution in [0.2, 0.25) is 0 Å². The van der Waals surface area contributed by atoms with Gasteiger partial charge in [0.25, 0.3) is 0 Å². The number of ketones is 2. The molecule has 2 aliphatic carbocycles. The summed E-state index contributed by atoms with van der Waals surface area (Å²) in [4.78, 5) is 37.9. The van der Waals surface area contributed by atoms with Crippen LogP contribution in [0.4, 0.5) is 0 Å². The van der Waals surface area contributed by atoms with Crippen molar-refractivity contribution in [1.29, 1.82) is 0 Å². The van der Waals surface area contributed by atoms with Crippen LogP contribution in [-0.4, -0.2) is 47.2 Å². The highest BCUT2D eigenvalue weighted by Gasteiger charge is 2.42. The standard InChI is InChI=1S/C31H51NO4S/c1-10-36-29(35)25(32-24(17-22(4)33)27-20(2)13-11-15-30(27,6)7)19-37-26(18-23(5)34)28-21(3)14-12-16-31(28,8)9/h13-14,24-28,32H,10-12,15-19H2,1-9H3. The lowest BCUT2D eigenvalue weighted by Gasteiger charge is -2.45. The van der Waals surface area contributed by atoms with Crippen molar-refractivity contribution in [1.82, 2.24) is 5.32 Å². The number of hydrogen-bond acceptors (Lipinski definition) is 6. The van der Waals surface area contributed by atoms with E-state index in [0.717, 1.165) is 25.7 Å². The van der Waals surface area contributed by atoms with Gasteiger partial charge in [0, 0.05) is 35.8 Å². The van der Waals surface area contributed by atoms with Gasteiger partial charge in [0.2, 0.25) is 0 Å². The molecule has 0 aromatic heterocycles. The lowest BCUT2D eigenvalue weighted by Crippen LogP contribution is -2.53. The van der Waals surface area contributed by atoms with Gasteiger partial charge >= 0.3 is 5.97 Å². The molecule has 1 N–H and O–H groups in total. The largest absolute Gasteiger partial charge is 0.465 e.